The summed E-state index contributed by atoms with van der Waals surface area (Å²) in [5.74, 6) is -0.538. The Hall–Kier alpha value is -1.24. The number of halogens is 3. The van der Waals surface area contributed by atoms with Crippen molar-refractivity contribution in [1.29, 1.82) is 0 Å². The molecule has 7 heteroatoms. The monoisotopic (exact) mass is 322 g/mol. The van der Waals surface area contributed by atoms with Crippen LogP contribution in [0.5, 0.6) is 0 Å². The van der Waals surface area contributed by atoms with E-state index in [1.54, 1.807) is 6.92 Å². The van der Waals surface area contributed by atoms with E-state index >= 15 is 0 Å². The smallest absolute Gasteiger partial charge is 0.311 e. The van der Waals surface area contributed by atoms with Crippen LogP contribution in [0.25, 0.3) is 0 Å². The number of aromatic nitrogens is 1. The highest BCUT2D eigenvalue weighted by Crippen LogP contribution is 2.26. The van der Waals surface area contributed by atoms with Crippen LogP contribution in [0.4, 0.5) is 14.5 Å². The number of hydrogen-bond acceptors (Lipinski definition) is 4. The SMILES string of the molecule is CCOC(=O)Cc1nc(C(F)F)c(CBr)cc1N. The van der Waals surface area contributed by atoms with E-state index in [1.807, 2.05) is 0 Å². The predicted octanol–water partition coefficient (Wildman–Crippen LogP) is 2.60. The lowest BCUT2D eigenvalue weighted by atomic mass is 10.1. The van der Waals surface area contributed by atoms with Crippen LogP contribution in [0.2, 0.25) is 0 Å². The molecule has 1 aromatic rings. The number of hydrogen-bond donors (Lipinski definition) is 1. The summed E-state index contributed by atoms with van der Waals surface area (Å²) in [5, 5.41) is 0.226. The van der Waals surface area contributed by atoms with E-state index in [4.69, 9.17) is 10.5 Å². The van der Waals surface area contributed by atoms with Crippen LogP contribution >= 0.6 is 15.9 Å². The van der Waals surface area contributed by atoms with E-state index < -0.39 is 12.4 Å². The minimum atomic E-state index is -2.71. The molecule has 0 spiro atoms. The third kappa shape index (κ3) is 3.63. The molecule has 0 fully saturated rings. The number of anilines is 1. The van der Waals surface area contributed by atoms with Crippen molar-refractivity contribution in [3.63, 3.8) is 0 Å². The molecule has 0 aliphatic carbocycles. The number of nitrogen functional groups attached to an aromatic ring is 1. The summed E-state index contributed by atoms with van der Waals surface area (Å²) < 4.78 is 30.3. The molecule has 100 valence electrons. The van der Waals surface area contributed by atoms with Gasteiger partial charge in [0.15, 0.2) is 0 Å². The number of esters is 1. The van der Waals surface area contributed by atoms with E-state index in [0.29, 0.717) is 5.56 Å². The summed E-state index contributed by atoms with van der Waals surface area (Å²) >= 11 is 3.09. The van der Waals surface area contributed by atoms with Gasteiger partial charge >= 0.3 is 5.97 Å². The van der Waals surface area contributed by atoms with E-state index in [0.717, 1.165) is 0 Å². The van der Waals surface area contributed by atoms with Crippen LogP contribution < -0.4 is 5.73 Å². The normalized spacial score (nSPS) is 10.7. The molecule has 4 nitrogen and oxygen atoms in total. The van der Waals surface area contributed by atoms with Gasteiger partial charge in [-0.15, -0.1) is 0 Å². The van der Waals surface area contributed by atoms with E-state index in [2.05, 4.69) is 20.9 Å². The van der Waals surface area contributed by atoms with Crippen LogP contribution in [-0.2, 0) is 21.3 Å². The molecule has 0 aromatic carbocycles. The lowest BCUT2D eigenvalue weighted by Crippen LogP contribution is -2.13. The highest BCUT2D eigenvalue weighted by Gasteiger charge is 2.18. The fourth-order valence-electron chi connectivity index (χ4n) is 1.41. The van der Waals surface area contributed by atoms with Crippen LogP contribution in [0, 0.1) is 0 Å². The van der Waals surface area contributed by atoms with Gasteiger partial charge in [0.05, 0.1) is 24.4 Å². The minimum Gasteiger partial charge on any atom is -0.466 e. The summed E-state index contributed by atoms with van der Waals surface area (Å²) in [5.41, 5.74) is 5.96. The largest absolute Gasteiger partial charge is 0.466 e. The number of carbonyl (C=O) groups excluding carboxylic acids is 1. The first-order chi connectivity index (χ1) is 8.49. The third-order valence-electron chi connectivity index (χ3n) is 2.22. The molecule has 0 aliphatic heterocycles. The van der Waals surface area contributed by atoms with Crippen LogP contribution in [0.1, 0.15) is 30.3 Å². The standard InChI is InChI=1S/C11H13BrF2N2O2/c1-2-18-9(17)4-8-7(15)3-6(5-12)10(16-8)11(13)14/h3,11H,2,4-5,15H2,1H3. The number of nitrogens with two attached hydrogens (primary N) is 1. The van der Waals surface area contributed by atoms with Crippen molar-refractivity contribution < 1.29 is 18.3 Å². The van der Waals surface area contributed by atoms with Crippen LogP contribution in [0.15, 0.2) is 6.07 Å². The fraction of sp³-hybridized carbons (Fsp3) is 0.455. The Balaban J connectivity index is 3.05. The van der Waals surface area contributed by atoms with Gasteiger partial charge in [-0.25, -0.2) is 13.8 Å². The molecule has 2 N–H and O–H groups in total. The van der Waals surface area contributed by atoms with Crippen LogP contribution in [0.3, 0.4) is 0 Å². The van der Waals surface area contributed by atoms with Gasteiger partial charge in [0.2, 0.25) is 0 Å². The zero-order valence-electron chi connectivity index (χ0n) is 9.75. The predicted molar refractivity (Wildman–Crippen MR) is 66.6 cm³/mol. The van der Waals surface area contributed by atoms with Gasteiger partial charge in [-0.1, -0.05) is 15.9 Å². The van der Waals surface area contributed by atoms with Crippen molar-refractivity contribution >= 4 is 27.6 Å². The molecule has 1 heterocycles. The second kappa shape index (κ2) is 6.63. The first-order valence-electron chi connectivity index (χ1n) is 5.27. The Kier molecular flexibility index (Phi) is 5.46. The number of rotatable bonds is 5. The average molecular weight is 323 g/mol. The molecule has 0 unspecified atom stereocenters. The Morgan fingerprint density at radius 3 is 2.78 bits per heavy atom. The second-order valence-electron chi connectivity index (χ2n) is 3.48. The zero-order chi connectivity index (χ0) is 13.7. The molecule has 1 aromatic heterocycles. The Morgan fingerprint density at radius 2 is 2.28 bits per heavy atom. The number of ether oxygens (including phenoxy) is 1. The van der Waals surface area contributed by atoms with Crippen molar-refractivity contribution in [2.45, 2.75) is 25.1 Å². The lowest BCUT2D eigenvalue weighted by Gasteiger charge is -2.11. The Labute approximate surface area is 112 Å². The summed E-state index contributed by atoms with van der Waals surface area (Å²) in [7, 11) is 0. The van der Waals surface area contributed by atoms with E-state index in [1.165, 1.54) is 6.07 Å². The molecule has 0 amide bonds. The van der Waals surface area contributed by atoms with Crippen molar-refractivity contribution in [2.75, 3.05) is 12.3 Å². The summed E-state index contributed by atoms with van der Waals surface area (Å²) in [6.07, 6.45) is -2.92. The first kappa shape index (κ1) is 14.8. The van der Waals surface area contributed by atoms with Gasteiger partial charge in [-0.2, -0.15) is 0 Å². The number of nitrogens with zero attached hydrogens (tertiary/aromatic N) is 1. The maximum Gasteiger partial charge on any atom is 0.311 e. The molecule has 18 heavy (non-hydrogen) atoms. The molecule has 0 radical (unpaired) electrons. The third-order valence-corrected chi connectivity index (χ3v) is 2.82. The molecule has 0 saturated heterocycles. The van der Waals surface area contributed by atoms with Crippen molar-refractivity contribution in [3.8, 4) is 0 Å². The summed E-state index contributed by atoms with van der Waals surface area (Å²) in [6, 6.07) is 1.40. The lowest BCUT2D eigenvalue weighted by molar-refractivity contribution is -0.142. The maximum atomic E-state index is 12.8. The number of carbonyl (C=O) groups is 1. The maximum absolute atomic E-state index is 12.8. The first-order valence-corrected chi connectivity index (χ1v) is 6.39. The van der Waals surface area contributed by atoms with Gasteiger partial charge in [-0.3, -0.25) is 4.79 Å². The highest BCUT2D eigenvalue weighted by atomic mass is 79.9. The quantitative estimate of drug-likeness (QED) is 0.668. The van der Waals surface area contributed by atoms with Crippen molar-refractivity contribution in [2.24, 2.45) is 0 Å². The van der Waals surface area contributed by atoms with Gasteiger partial charge in [-0.05, 0) is 18.6 Å². The van der Waals surface area contributed by atoms with Gasteiger partial charge in [0.25, 0.3) is 6.43 Å². The van der Waals surface area contributed by atoms with Crippen molar-refractivity contribution in [3.05, 3.63) is 23.0 Å². The van der Waals surface area contributed by atoms with Crippen LogP contribution in [-0.4, -0.2) is 17.6 Å². The fourth-order valence-corrected chi connectivity index (χ4v) is 1.86. The molecule has 0 atom stereocenters. The Bertz CT molecular complexity index is 441. The topological polar surface area (TPSA) is 65.2 Å². The molecular weight excluding hydrogens is 310 g/mol. The number of alkyl halides is 3. The van der Waals surface area contributed by atoms with Gasteiger partial charge in [0.1, 0.15) is 5.69 Å². The summed E-state index contributed by atoms with van der Waals surface area (Å²) in [6.45, 7) is 1.88. The van der Waals surface area contributed by atoms with Crippen molar-refractivity contribution in [1.82, 2.24) is 4.98 Å². The molecular formula is C11H13BrF2N2O2. The average Bonchev–Trinajstić information content (AvgIpc) is 2.31. The summed E-state index contributed by atoms with van der Waals surface area (Å²) in [4.78, 5) is 15.0. The van der Waals surface area contributed by atoms with Gasteiger partial charge in [0, 0.05) is 5.33 Å². The second-order valence-corrected chi connectivity index (χ2v) is 4.05. The molecule has 0 bridgehead atoms. The minimum absolute atomic E-state index is 0.119. The molecule has 1 rings (SSSR count). The molecule has 0 aliphatic rings. The molecule has 0 saturated carbocycles. The van der Waals surface area contributed by atoms with Gasteiger partial charge < -0.3 is 10.5 Å². The van der Waals surface area contributed by atoms with E-state index in [-0.39, 0.29) is 35.4 Å². The number of pyridine rings is 1. The van der Waals surface area contributed by atoms with E-state index in [9.17, 15) is 13.6 Å². The highest BCUT2D eigenvalue weighted by molar-refractivity contribution is 9.08. The zero-order valence-corrected chi connectivity index (χ0v) is 11.3. The Morgan fingerprint density at radius 1 is 1.61 bits per heavy atom.